The lowest BCUT2D eigenvalue weighted by Gasteiger charge is -2.21. The van der Waals surface area contributed by atoms with Crippen LogP contribution in [0, 0.1) is 0 Å². The van der Waals surface area contributed by atoms with Crippen molar-refractivity contribution in [3.63, 3.8) is 0 Å². The molecule has 3 aromatic rings. The van der Waals surface area contributed by atoms with E-state index in [4.69, 9.17) is 9.47 Å². The number of benzene rings is 3. The van der Waals surface area contributed by atoms with E-state index in [0.29, 0.717) is 13.0 Å². The fraction of sp³-hybridized carbons (Fsp3) is 0.500. The van der Waals surface area contributed by atoms with Crippen molar-refractivity contribution in [2.24, 2.45) is 0 Å². The molecule has 3 rings (SSSR count). The smallest absolute Gasteiger partial charge is 0.374 e. The van der Waals surface area contributed by atoms with E-state index in [-0.39, 0.29) is 19.1 Å². The molecule has 0 heterocycles. The first kappa shape index (κ1) is 32.9. The van der Waals surface area contributed by atoms with Gasteiger partial charge in [0, 0.05) is 0 Å². The molecule has 0 aliphatic heterocycles. The van der Waals surface area contributed by atoms with Gasteiger partial charge in [-0.25, -0.2) is 0 Å². The molecular formula is C36H47F3O2. The van der Waals surface area contributed by atoms with E-state index < -0.39 is 12.3 Å². The summed E-state index contributed by atoms with van der Waals surface area (Å²) in [5.74, 6) is 0. The fourth-order valence-electron chi connectivity index (χ4n) is 4.92. The van der Waals surface area contributed by atoms with Crippen LogP contribution in [0.1, 0.15) is 96.1 Å². The van der Waals surface area contributed by atoms with Crippen LogP contribution in [0.15, 0.2) is 72.8 Å². The van der Waals surface area contributed by atoms with Gasteiger partial charge in [-0.05, 0) is 53.1 Å². The Morgan fingerprint density at radius 2 is 0.927 bits per heavy atom. The van der Waals surface area contributed by atoms with E-state index in [1.54, 1.807) is 0 Å². The summed E-state index contributed by atoms with van der Waals surface area (Å²) in [6.07, 6.45) is 3.69. The van der Waals surface area contributed by atoms with E-state index in [2.05, 4.69) is 62.4 Å². The molecule has 0 aromatic heterocycles. The first-order valence-corrected chi connectivity index (χ1v) is 15.4. The third-order valence-corrected chi connectivity index (χ3v) is 7.59. The molecule has 5 heteroatoms. The lowest BCUT2D eigenvalue weighted by atomic mass is 9.99. The third kappa shape index (κ3) is 11.6. The topological polar surface area (TPSA) is 18.5 Å². The lowest BCUT2D eigenvalue weighted by molar-refractivity contribution is -0.225. The molecule has 0 saturated carbocycles. The van der Waals surface area contributed by atoms with Crippen LogP contribution in [0.4, 0.5) is 13.2 Å². The molecule has 0 fully saturated rings. The molecule has 0 bridgehead atoms. The van der Waals surface area contributed by atoms with Gasteiger partial charge in [0.25, 0.3) is 0 Å². The van der Waals surface area contributed by atoms with Gasteiger partial charge in [0.05, 0.1) is 19.3 Å². The predicted octanol–water partition coefficient (Wildman–Crippen LogP) is 11.3. The molecule has 0 saturated heterocycles. The van der Waals surface area contributed by atoms with Gasteiger partial charge < -0.3 is 9.47 Å². The largest absolute Gasteiger partial charge is 0.414 e. The highest BCUT2D eigenvalue weighted by Gasteiger charge is 2.40. The van der Waals surface area contributed by atoms with Gasteiger partial charge in [-0.3, -0.25) is 0 Å². The Bertz CT molecular complexity index is 1110. The first-order valence-electron chi connectivity index (χ1n) is 15.4. The number of halogens is 3. The average molecular weight is 569 g/mol. The quantitative estimate of drug-likeness (QED) is 0.142. The summed E-state index contributed by atoms with van der Waals surface area (Å²) in [4.78, 5) is 0. The number of ether oxygens (including phenoxy) is 2. The zero-order chi connectivity index (χ0) is 29.5. The van der Waals surface area contributed by atoms with Crippen molar-refractivity contribution in [2.45, 2.75) is 117 Å². The van der Waals surface area contributed by atoms with E-state index in [0.717, 1.165) is 53.5 Å². The van der Waals surface area contributed by atoms with Crippen molar-refractivity contribution >= 4 is 0 Å². The zero-order valence-electron chi connectivity index (χ0n) is 25.0. The van der Waals surface area contributed by atoms with Crippen LogP contribution in [-0.4, -0.2) is 18.4 Å². The molecule has 0 spiro atoms. The third-order valence-electron chi connectivity index (χ3n) is 7.59. The summed E-state index contributed by atoms with van der Waals surface area (Å²) >= 11 is 0. The first-order chi connectivity index (χ1) is 19.8. The fourth-order valence-corrected chi connectivity index (χ4v) is 4.92. The van der Waals surface area contributed by atoms with Crippen LogP contribution in [0.3, 0.4) is 0 Å². The van der Waals surface area contributed by atoms with Crippen LogP contribution in [0.25, 0.3) is 22.3 Å². The maximum absolute atomic E-state index is 13.4. The molecule has 41 heavy (non-hydrogen) atoms. The Morgan fingerprint density at radius 3 is 1.34 bits per heavy atom. The summed E-state index contributed by atoms with van der Waals surface area (Å²) in [7, 11) is 0. The number of hydrogen-bond acceptors (Lipinski definition) is 2. The number of rotatable bonds is 18. The molecular weight excluding hydrogens is 521 g/mol. The highest BCUT2D eigenvalue weighted by molar-refractivity contribution is 5.70. The Kier molecular flexibility index (Phi) is 13.9. The Morgan fingerprint density at radius 1 is 0.537 bits per heavy atom. The second-order valence-electron chi connectivity index (χ2n) is 11.1. The second-order valence-corrected chi connectivity index (χ2v) is 11.1. The van der Waals surface area contributed by atoms with Crippen molar-refractivity contribution in [2.75, 3.05) is 0 Å². The molecule has 2 atom stereocenters. The van der Waals surface area contributed by atoms with E-state index in [1.807, 2.05) is 31.2 Å². The minimum absolute atomic E-state index is 0.0167. The molecule has 0 aliphatic rings. The molecule has 0 aliphatic carbocycles. The van der Waals surface area contributed by atoms with Crippen LogP contribution in [0.5, 0.6) is 0 Å². The van der Waals surface area contributed by atoms with Crippen molar-refractivity contribution in [1.29, 1.82) is 0 Å². The second kappa shape index (κ2) is 17.4. The van der Waals surface area contributed by atoms with Crippen LogP contribution < -0.4 is 0 Å². The summed E-state index contributed by atoms with van der Waals surface area (Å²) in [6.45, 7) is 7.01. The summed E-state index contributed by atoms with van der Waals surface area (Å²) < 4.78 is 51.5. The molecule has 224 valence electrons. The van der Waals surface area contributed by atoms with Gasteiger partial charge in [0.15, 0.2) is 6.10 Å². The minimum atomic E-state index is -4.34. The number of hydrogen-bond donors (Lipinski definition) is 0. The number of alkyl halides is 3. The van der Waals surface area contributed by atoms with Gasteiger partial charge in [-0.2, -0.15) is 13.2 Å². The van der Waals surface area contributed by atoms with Crippen molar-refractivity contribution < 1.29 is 22.6 Å². The molecule has 2 nitrogen and oxygen atoms in total. The highest BCUT2D eigenvalue weighted by Crippen LogP contribution is 2.29. The van der Waals surface area contributed by atoms with E-state index >= 15 is 0 Å². The van der Waals surface area contributed by atoms with E-state index in [1.165, 1.54) is 31.2 Å². The maximum Gasteiger partial charge on any atom is 0.414 e. The van der Waals surface area contributed by atoms with Crippen LogP contribution in [0.2, 0.25) is 0 Å². The molecule has 3 aromatic carbocycles. The van der Waals surface area contributed by atoms with E-state index in [9.17, 15) is 13.2 Å². The summed E-state index contributed by atoms with van der Waals surface area (Å²) in [5, 5.41) is 0. The van der Waals surface area contributed by atoms with Gasteiger partial charge in [-0.15, -0.1) is 0 Å². The minimum Gasteiger partial charge on any atom is -0.374 e. The molecule has 0 N–H and O–H groups in total. The normalized spacial score (nSPS) is 13.3. The molecule has 0 amide bonds. The monoisotopic (exact) mass is 568 g/mol. The van der Waals surface area contributed by atoms with Crippen LogP contribution in [-0.2, 0) is 22.7 Å². The SMILES string of the molecule is CCCCCC[C@@H](C)OCc1ccc(-c2ccc(-c3ccc(CO[C@@H](CCCCCC)C(F)(F)F)cc3)cc2)cc1. The van der Waals surface area contributed by atoms with Gasteiger partial charge in [-0.1, -0.05) is 138 Å². The van der Waals surface area contributed by atoms with Crippen molar-refractivity contribution in [3.8, 4) is 22.3 Å². The predicted molar refractivity (Wildman–Crippen MR) is 164 cm³/mol. The maximum atomic E-state index is 13.4. The standard InChI is InChI=1S/C36H47F3O2/c1-4-6-8-10-12-28(3)40-26-29-14-18-31(19-15-29)33-22-24-34(25-23-33)32-20-16-30(17-21-32)27-41-35(36(37,38)39)13-11-9-7-5-2/h14-25,28,35H,4-13,26-27H2,1-3H3/t28-,35+/m1/s1. The van der Waals surface area contributed by atoms with Gasteiger partial charge in [0.2, 0.25) is 0 Å². The van der Waals surface area contributed by atoms with Crippen molar-refractivity contribution in [3.05, 3.63) is 83.9 Å². The highest BCUT2D eigenvalue weighted by atomic mass is 19.4. The van der Waals surface area contributed by atoms with Crippen molar-refractivity contribution in [1.82, 2.24) is 0 Å². The average Bonchev–Trinajstić information content (AvgIpc) is 2.98. The summed E-state index contributed by atoms with van der Waals surface area (Å²) in [6, 6.07) is 24.5. The van der Waals surface area contributed by atoms with Gasteiger partial charge >= 0.3 is 6.18 Å². The Hall–Kier alpha value is -2.63. The number of unbranched alkanes of at least 4 members (excludes halogenated alkanes) is 6. The Balaban J connectivity index is 1.50. The van der Waals surface area contributed by atoms with Crippen LogP contribution >= 0.6 is 0 Å². The van der Waals surface area contributed by atoms with Gasteiger partial charge in [0.1, 0.15) is 0 Å². The Labute approximate surface area is 245 Å². The molecule has 0 radical (unpaired) electrons. The molecule has 0 unspecified atom stereocenters. The zero-order valence-corrected chi connectivity index (χ0v) is 25.0. The summed E-state index contributed by atoms with van der Waals surface area (Å²) in [5.41, 5.74) is 6.27. The lowest BCUT2D eigenvalue weighted by Crippen LogP contribution is -2.31.